The molecule has 3 aromatic carbocycles. The van der Waals surface area contributed by atoms with E-state index < -0.39 is 15.9 Å². The second-order valence-corrected chi connectivity index (χ2v) is 9.18. The third-order valence-electron chi connectivity index (χ3n) is 4.11. The maximum atomic E-state index is 12.6. The monoisotopic (exact) mass is 464 g/mol. The second-order valence-electron chi connectivity index (χ2n) is 6.29. The molecule has 0 saturated carbocycles. The molecule has 0 spiro atoms. The Labute approximate surface area is 185 Å². The van der Waals surface area contributed by atoms with Gasteiger partial charge in [0.15, 0.2) is 5.75 Å². The van der Waals surface area contributed by atoms with Crippen LogP contribution in [-0.2, 0) is 14.8 Å². The Balaban J connectivity index is 1.72. The molecule has 3 aromatic rings. The van der Waals surface area contributed by atoms with Crippen LogP contribution in [0.25, 0.3) is 0 Å². The number of likely N-dealkylation sites (N-methyl/N-ethyl adjacent to an activating group) is 1. The van der Waals surface area contributed by atoms with Gasteiger partial charge in [0.1, 0.15) is 5.75 Å². The van der Waals surface area contributed by atoms with Crippen molar-refractivity contribution in [2.75, 3.05) is 18.9 Å². The van der Waals surface area contributed by atoms with Crippen LogP contribution in [0, 0.1) is 0 Å². The lowest BCUT2D eigenvalue weighted by molar-refractivity contribution is -0.116. The number of carbonyl (C=O) groups is 1. The van der Waals surface area contributed by atoms with E-state index in [2.05, 4.69) is 5.32 Å². The van der Waals surface area contributed by atoms with Crippen molar-refractivity contribution in [1.29, 1.82) is 0 Å². The molecule has 0 aliphatic carbocycles. The van der Waals surface area contributed by atoms with Crippen LogP contribution in [0.2, 0.25) is 10.0 Å². The van der Waals surface area contributed by atoms with Crippen LogP contribution in [0.15, 0.2) is 77.7 Å². The fourth-order valence-corrected chi connectivity index (χ4v) is 4.00. The molecule has 3 rings (SSSR count). The molecule has 0 fully saturated rings. The summed E-state index contributed by atoms with van der Waals surface area (Å²) in [5, 5.41) is 3.52. The molecule has 9 heteroatoms. The number of sulfonamides is 1. The zero-order chi connectivity index (χ0) is 21.7. The molecule has 0 heterocycles. The molecule has 1 amide bonds. The zero-order valence-corrected chi connectivity index (χ0v) is 18.2. The highest BCUT2D eigenvalue weighted by molar-refractivity contribution is 7.89. The Morgan fingerprint density at radius 3 is 2.20 bits per heavy atom. The van der Waals surface area contributed by atoms with E-state index in [1.165, 1.54) is 31.3 Å². The SMILES string of the molecule is CN(CC(=O)Nc1ccccc1Oc1ccccc1Cl)S(=O)(=O)c1ccc(Cl)cc1. The number of halogens is 2. The molecule has 6 nitrogen and oxygen atoms in total. The zero-order valence-electron chi connectivity index (χ0n) is 15.9. The summed E-state index contributed by atoms with van der Waals surface area (Å²) in [5.41, 5.74) is 0.389. The number of nitrogens with zero attached hydrogens (tertiary/aromatic N) is 1. The van der Waals surface area contributed by atoms with Crippen LogP contribution in [0.4, 0.5) is 5.69 Å². The third kappa shape index (κ3) is 5.31. The topological polar surface area (TPSA) is 75.7 Å². The summed E-state index contributed by atoms with van der Waals surface area (Å²) in [6.45, 7) is -0.384. The van der Waals surface area contributed by atoms with Crippen molar-refractivity contribution in [3.8, 4) is 11.5 Å². The summed E-state index contributed by atoms with van der Waals surface area (Å²) < 4.78 is 32.0. The van der Waals surface area contributed by atoms with Crippen LogP contribution in [0.5, 0.6) is 11.5 Å². The van der Waals surface area contributed by atoms with Gasteiger partial charge in [-0.3, -0.25) is 4.79 Å². The molecular weight excluding hydrogens is 447 g/mol. The molecule has 30 heavy (non-hydrogen) atoms. The van der Waals surface area contributed by atoms with Crippen LogP contribution < -0.4 is 10.1 Å². The molecule has 0 aromatic heterocycles. The quantitative estimate of drug-likeness (QED) is 0.530. The molecule has 0 saturated heterocycles. The minimum absolute atomic E-state index is 0.0460. The molecule has 0 aliphatic rings. The summed E-state index contributed by atoms with van der Waals surface area (Å²) >= 11 is 11.9. The molecular formula is C21H18Cl2N2O4S. The first kappa shape index (κ1) is 22.1. The Kier molecular flexibility index (Phi) is 6.99. The van der Waals surface area contributed by atoms with E-state index >= 15 is 0 Å². The minimum atomic E-state index is -3.84. The van der Waals surface area contributed by atoms with Gasteiger partial charge in [0, 0.05) is 12.1 Å². The van der Waals surface area contributed by atoms with Gasteiger partial charge in [-0.05, 0) is 48.5 Å². The summed E-state index contributed by atoms with van der Waals surface area (Å²) in [4.78, 5) is 12.6. The third-order valence-corrected chi connectivity index (χ3v) is 6.49. The largest absolute Gasteiger partial charge is 0.454 e. The fraction of sp³-hybridized carbons (Fsp3) is 0.0952. The summed E-state index contributed by atoms with van der Waals surface area (Å²) in [5.74, 6) is 0.288. The predicted octanol–water partition coefficient (Wildman–Crippen LogP) is 5.04. The van der Waals surface area contributed by atoms with E-state index in [9.17, 15) is 13.2 Å². The normalized spacial score (nSPS) is 11.3. The number of para-hydroxylation sites is 3. The van der Waals surface area contributed by atoms with Crippen LogP contribution in [0.1, 0.15) is 0 Å². The molecule has 0 unspecified atom stereocenters. The number of amides is 1. The lowest BCUT2D eigenvalue weighted by atomic mass is 10.3. The number of rotatable bonds is 7. The Morgan fingerprint density at radius 2 is 1.53 bits per heavy atom. The van der Waals surface area contributed by atoms with Crippen molar-refractivity contribution in [1.82, 2.24) is 4.31 Å². The number of carbonyl (C=O) groups excluding carboxylic acids is 1. The minimum Gasteiger partial charge on any atom is -0.454 e. The van der Waals surface area contributed by atoms with E-state index in [0.717, 1.165) is 4.31 Å². The predicted molar refractivity (Wildman–Crippen MR) is 118 cm³/mol. The summed E-state index contributed by atoms with van der Waals surface area (Å²) in [6, 6.07) is 19.5. The average molecular weight is 465 g/mol. The molecule has 156 valence electrons. The molecule has 0 bridgehead atoms. The Hall–Kier alpha value is -2.58. The van der Waals surface area contributed by atoms with Gasteiger partial charge in [0.25, 0.3) is 0 Å². The second kappa shape index (κ2) is 9.49. The highest BCUT2D eigenvalue weighted by atomic mass is 35.5. The molecule has 0 radical (unpaired) electrons. The number of anilines is 1. The van der Waals surface area contributed by atoms with E-state index in [1.54, 1.807) is 48.5 Å². The molecule has 0 aliphatic heterocycles. The number of hydrogen-bond donors (Lipinski definition) is 1. The summed E-state index contributed by atoms with van der Waals surface area (Å²) in [7, 11) is -2.51. The van der Waals surface area contributed by atoms with Gasteiger partial charge < -0.3 is 10.1 Å². The molecule has 0 atom stereocenters. The average Bonchev–Trinajstić information content (AvgIpc) is 2.71. The standard InChI is InChI=1S/C21H18Cl2N2O4S/c1-25(30(27,28)16-12-10-15(22)11-13-16)14-21(26)24-18-7-3-5-9-20(18)29-19-8-4-2-6-17(19)23/h2-13H,14H2,1H3,(H,24,26). The number of nitrogens with one attached hydrogen (secondary N) is 1. The van der Waals surface area contributed by atoms with Crippen molar-refractivity contribution >= 4 is 44.8 Å². The highest BCUT2D eigenvalue weighted by Gasteiger charge is 2.23. The number of ether oxygens (including phenoxy) is 1. The van der Waals surface area contributed by atoms with Crippen molar-refractivity contribution in [3.63, 3.8) is 0 Å². The number of benzene rings is 3. The van der Waals surface area contributed by atoms with Crippen LogP contribution in [-0.4, -0.2) is 32.2 Å². The van der Waals surface area contributed by atoms with Gasteiger partial charge in [-0.2, -0.15) is 4.31 Å². The van der Waals surface area contributed by atoms with E-state index in [1.807, 2.05) is 0 Å². The first-order chi connectivity index (χ1) is 14.3. The van der Waals surface area contributed by atoms with Crippen molar-refractivity contribution < 1.29 is 17.9 Å². The van der Waals surface area contributed by atoms with Crippen molar-refractivity contribution in [2.24, 2.45) is 0 Å². The van der Waals surface area contributed by atoms with Crippen molar-refractivity contribution in [2.45, 2.75) is 4.90 Å². The maximum Gasteiger partial charge on any atom is 0.243 e. The smallest absolute Gasteiger partial charge is 0.243 e. The first-order valence-corrected chi connectivity index (χ1v) is 11.0. The van der Waals surface area contributed by atoms with Crippen LogP contribution in [0.3, 0.4) is 0 Å². The van der Waals surface area contributed by atoms with Gasteiger partial charge in [0.2, 0.25) is 15.9 Å². The lowest BCUT2D eigenvalue weighted by Gasteiger charge is -2.18. The highest BCUT2D eigenvalue weighted by Crippen LogP contribution is 2.33. The Morgan fingerprint density at radius 1 is 0.933 bits per heavy atom. The summed E-state index contributed by atoms with van der Waals surface area (Å²) in [6.07, 6.45) is 0. The van der Waals surface area contributed by atoms with Crippen molar-refractivity contribution in [3.05, 3.63) is 82.8 Å². The van der Waals surface area contributed by atoms with Gasteiger partial charge >= 0.3 is 0 Å². The van der Waals surface area contributed by atoms with Gasteiger partial charge in [-0.15, -0.1) is 0 Å². The maximum absolute atomic E-state index is 12.6. The van der Waals surface area contributed by atoms with Gasteiger partial charge in [-0.25, -0.2) is 8.42 Å². The molecule has 1 N–H and O–H groups in total. The van der Waals surface area contributed by atoms with Crippen LogP contribution >= 0.6 is 23.2 Å². The first-order valence-electron chi connectivity index (χ1n) is 8.80. The van der Waals surface area contributed by atoms with E-state index in [0.29, 0.717) is 27.2 Å². The lowest BCUT2D eigenvalue weighted by Crippen LogP contribution is -2.35. The fourth-order valence-electron chi connectivity index (χ4n) is 2.57. The Bertz CT molecular complexity index is 1150. The van der Waals surface area contributed by atoms with E-state index in [-0.39, 0.29) is 11.4 Å². The number of hydrogen-bond acceptors (Lipinski definition) is 4. The van der Waals surface area contributed by atoms with Gasteiger partial charge in [0.05, 0.1) is 22.2 Å². The van der Waals surface area contributed by atoms with E-state index in [4.69, 9.17) is 27.9 Å². The van der Waals surface area contributed by atoms with Gasteiger partial charge in [-0.1, -0.05) is 47.5 Å².